The molecule has 0 unspecified atom stereocenters. The van der Waals surface area contributed by atoms with Gasteiger partial charge in [-0.05, 0) is 57.3 Å². The van der Waals surface area contributed by atoms with Gasteiger partial charge in [0.1, 0.15) is 41.8 Å². The third kappa shape index (κ3) is 5.45. The smallest absolute Gasteiger partial charge is 0.266 e. The van der Waals surface area contributed by atoms with Crippen molar-refractivity contribution in [2.45, 2.75) is 30.9 Å². The van der Waals surface area contributed by atoms with Gasteiger partial charge < -0.3 is 30.3 Å². The molecule has 0 spiro atoms. The van der Waals surface area contributed by atoms with Crippen LogP contribution in [0, 0.1) is 17.1 Å². The molecule has 0 aromatic heterocycles. The van der Waals surface area contributed by atoms with E-state index in [0.717, 1.165) is 24.9 Å². The Labute approximate surface area is 225 Å². The fraction of sp³-hybridized carbons (Fsp3) is 0.370. The van der Waals surface area contributed by atoms with Gasteiger partial charge in [-0.15, -0.1) is 0 Å². The highest BCUT2D eigenvalue weighted by Crippen LogP contribution is 2.42. The number of amides is 1. The van der Waals surface area contributed by atoms with E-state index in [0.29, 0.717) is 48.4 Å². The second kappa shape index (κ2) is 10.6. The molecule has 3 aliphatic rings. The molecule has 5 rings (SSSR count). The maximum absolute atomic E-state index is 13.7. The molecule has 1 amide bonds. The fourth-order valence-electron chi connectivity index (χ4n) is 4.46. The van der Waals surface area contributed by atoms with Crippen LogP contribution < -0.4 is 20.7 Å². The van der Waals surface area contributed by atoms with E-state index < -0.39 is 11.7 Å². The van der Waals surface area contributed by atoms with Crippen molar-refractivity contribution in [3.05, 3.63) is 58.4 Å². The van der Waals surface area contributed by atoms with Crippen LogP contribution in [0.4, 0.5) is 21.5 Å². The number of nitrogens with one attached hydrogen (secondary N) is 3. The van der Waals surface area contributed by atoms with Gasteiger partial charge >= 0.3 is 0 Å². The van der Waals surface area contributed by atoms with Crippen LogP contribution in [0.1, 0.15) is 24.8 Å². The van der Waals surface area contributed by atoms with Crippen molar-refractivity contribution in [3.8, 4) is 11.8 Å². The molecule has 2 fully saturated rings. The molecule has 1 saturated carbocycles. The maximum Gasteiger partial charge on any atom is 0.266 e. The zero-order valence-corrected chi connectivity index (χ0v) is 21.9. The average Bonchev–Trinajstić information content (AvgIpc) is 3.52. The molecule has 1 aliphatic carbocycles. The lowest BCUT2D eigenvalue weighted by Gasteiger charge is -2.24. The highest BCUT2D eigenvalue weighted by Gasteiger charge is 2.43. The van der Waals surface area contributed by atoms with Crippen LogP contribution in [-0.4, -0.2) is 62.3 Å². The number of nitriles is 1. The van der Waals surface area contributed by atoms with Crippen LogP contribution in [0.2, 0.25) is 5.02 Å². The Balaban J connectivity index is 1.47. The number of hydrogen-bond donors (Lipinski definition) is 3. The molecule has 3 N–H and O–H groups in total. The van der Waals surface area contributed by atoms with E-state index in [1.165, 1.54) is 12.1 Å². The van der Waals surface area contributed by atoms with Crippen molar-refractivity contribution in [2.75, 3.05) is 49.9 Å². The highest BCUT2D eigenvalue weighted by molar-refractivity contribution is 6.31. The summed E-state index contributed by atoms with van der Waals surface area (Å²) in [6.07, 6.45) is 4.08. The summed E-state index contributed by atoms with van der Waals surface area (Å²) in [5.74, 6) is -0.0738. The van der Waals surface area contributed by atoms with E-state index in [1.54, 1.807) is 24.3 Å². The predicted molar refractivity (Wildman–Crippen MR) is 144 cm³/mol. The number of rotatable bonds is 7. The van der Waals surface area contributed by atoms with Crippen molar-refractivity contribution in [1.82, 2.24) is 4.90 Å². The van der Waals surface area contributed by atoms with Crippen LogP contribution in [0.3, 0.4) is 0 Å². The van der Waals surface area contributed by atoms with Crippen LogP contribution in [0.25, 0.3) is 0 Å². The zero-order valence-electron chi connectivity index (χ0n) is 21.1. The first-order valence-corrected chi connectivity index (χ1v) is 12.7. The van der Waals surface area contributed by atoms with E-state index in [4.69, 9.17) is 21.1 Å². The number of halogens is 2. The number of amidine groups is 1. The van der Waals surface area contributed by atoms with Gasteiger partial charge in [0, 0.05) is 29.3 Å². The lowest BCUT2D eigenvalue weighted by Crippen LogP contribution is -2.29. The van der Waals surface area contributed by atoms with Gasteiger partial charge in [0.2, 0.25) is 0 Å². The molecule has 9 nitrogen and oxygen atoms in total. The van der Waals surface area contributed by atoms with Gasteiger partial charge in [-0.1, -0.05) is 11.6 Å². The Morgan fingerprint density at radius 1 is 1.37 bits per heavy atom. The quantitative estimate of drug-likeness (QED) is 0.354. The van der Waals surface area contributed by atoms with E-state index in [-0.39, 0.29) is 22.2 Å². The van der Waals surface area contributed by atoms with Crippen molar-refractivity contribution in [1.29, 1.82) is 5.26 Å². The largest absolute Gasteiger partial charge is 0.486 e. The normalized spacial score (nSPS) is 19.6. The first kappa shape index (κ1) is 26.0. The molecule has 2 aromatic rings. The standard InChI is InChI=1S/C27H28ClFN6O3/c1-35(2)27(6-7-27)12-16(13-30)26(36)34-23-10-19-22(11-24(23)38-18-5-8-37-14-18)31-15-32-25(19)33-17-3-4-21(29)20(28)9-17/h3-4,9-12,18,31H,5-8,14-15H2,1-2H3,(H,32,33)(H,34,36)/b16-12+/t18-/m1/s1. The van der Waals surface area contributed by atoms with Crippen molar-refractivity contribution >= 4 is 40.4 Å². The van der Waals surface area contributed by atoms with E-state index in [2.05, 4.69) is 20.9 Å². The predicted octanol–water partition coefficient (Wildman–Crippen LogP) is 4.37. The Morgan fingerprint density at radius 2 is 2.18 bits per heavy atom. The monoisotopic (exact) mass is 538 g/mol. The number of fused-ring (bicyclic) bond motifs is 1. The topological polar surface area (TPSA) is 111 Å². The summed E-state index contributed by atoms with van der Waals surface area (Å²) in [7, 11) is 3.87. The van der Waals surface area contributed by atoms with E-state index in [9.17, 15) is 14.4 Å². The lowest BCUT2D eigenvalue weighted by atomic mass is 10.1. The number of nitrogens with zero attached hydrogens (tertiary/aromatic N) is 3. The number of hydrogen-bond acceptors (Lipinski definition) is 8. The first-order valence-electron chi connectivity index (χ1n) is 12.3. The molecular formula is C27H28ClFN6O3. The average molecular weight is 539 g/mol. The maximum atomic E-state index is 13.7. The van der Waals surface area contributed by atoms with E-state index in [1.807, 2.05) is 25.1 Å². The Hall–Kier alpha value is -3.65. The number of ether oxygens (including phenoxy) is 2. The van der Waals surface area contributed by atoms with Gasteiger partial charge in [0.05, 0.1) is 29.6 Å². The summed E-state index contributed by atoms with van der Waals surface area (Å²) in [5, 5.41) is 19.0. The van der Waals surface area contributed by atoms with Crippen molar-refractivity contribution in [3.63, 3.8) is 0 Å². The van der Waals surface area contributed by atoms with E-state index >= 15 is 0 Å². The number of likely N-dealkylation sites (N-methyl/N-ethyl adjacent to an activating group) is 1. The zero-order chi connectivity index (χ0) is 26.9. The summed E-state index contributed by atoms with van der Waals surface area (Å²) >= 11 is 5.95. The molecule has 2 heterocycles. The minimum absolute atomic E-state index is 0.0118. The second-order valence-corrected chi connectivity index (χ2v) is 10.1. The molecule has 0 bridgehead atoms. The van der Waals surface area contributed by atoms with Crippen LogP contribution in [0.5, 0.6) is 5.75 Å². The summed E-state index contributed by atoms with van der Waals surface area (Å²) in [5.41, 5.74) is 2.12. The number of carbonyl (C=O) groups excluding carboxylic acids is 1. The summed E-state index contributed by atoms with van der Waals surface area (Å²) < 4.78 is 25.3. The van der Waals surface area contributed by atoms with Crippen molar-refractivity contribution < 1.29 is 18.7 Å². The SMILES string of the molecule is CN(C)C1(/C=C(\C#N)C(=O)Nc2cc3c(cc2O[C@@H]2CCOC2)NCN=C3Nc2ccc(F)c(Cl)c2)CC1. The van der Waals surface area contributed by atoms with Crippen LogP contribution in [-0.2, 0) is 9.53 Å². The van der Waals surface area contributed by atoms with Gasteiger partial charge in [-0.25, -0.2) is 9.38 Å². The fourth-order valence-corrected chi connectivity index (χ4v) is 4.65. The molecule has 1 atom stereocenters. The lowest BCUT2D eigenvalue weighted by molar-refractivity contribution is -0.112. The van der Waals surface area contributed by atoms with Gasteiger partial charge in [0.25, 0.3) is 5.91 Å². The third-order valence-corrected chi connectivity index (χ3v) is 7.21. The molecule has 2 aliphatic heterocycles. The van der Waals surface area contributed by atoms with Crippen LogP contribution >= 0.6 is 11.6 Å². The summed E-state index contributed by atoms with van der Waals surface area (Å²) in [4.78, 5) is 19.8. The summed E-state index contributed by atoms with van der Waals surface area (Å²) in [6.45, 7) is 1.35. The Kier molecular flexibility index (Phi) is 7.25. The molecule has 198 valence electrons. The summed E-state index contributed by atoms with van der Waals surface area (Å²) in [6, 6.07) is 9.91. The van der Waals surface area contributed by atoms with Gasteiger partial charge in [-0.3, -0.25) is 4.79 Å². The number of benzene rings is 2. The Morgan fingerprint density at radius 3 is 2.84 bits per heavy atom. The third-order valence-electron chi connectivity index (χ3n) is 6.92. The minimum atomic E-state index is -0.520. The first-order chi connectivity index (χ1) is 18.3. The molecule has 0 radical (unpaired) electrons. The molecule has 38 heavy (non-hydrogen) atoms. The molecular weight excluding hydrogens is 511 g/mol. The van der Waals surface area contributed by atoms with Crippen molar-refractivity contribution in [2.24, 2.45) is 4.99 Å². The van der Waals surface area contributed by atoms with Gasteiger partial charge in [-0.2, -0.15) is 5.26 Å². The number of carbonyl (C=O) groups is 1. The molecule has 11 heteroatoms. The molecule has 1 saturated heterocycles. The number of anilines is 3. The number of aliphatic imine (C=N–C) groups is 1. The van der Waals surface area contributed by atoms with Gasteiger partial charge in [0.15, 0.2) is 0 Å². The minimum Gasteiger partial charge on any atom is -0.486 e. The Bertz CT molecular complexity index is 1360. The molecule has 2 aromatic carbocycles. The second-order valence-electron chi connectivity index (χ2n) is 9.71. The van der Waals surface area contributed by atoms with Crippen LogP contribution in [0.15, 0.2) is 47.0 Å². The highest BCUT2D eigenvalue weighted by atomic mass is 35.5.